The van der Waals surface area contributed by atoms with Crippen LogP contribution in [0.15, 0.2) is 53.7 Å². The number of aromatic nitrogens is 3. The smallest absolute Gasteiger partial charge is 0.416 e. The van der Waals surface area contributed by atoms with Gasteiger partial charge < -0.3 is 4.74 Å². The van der Waals surface area contributed by atoms with Crippen molar-refractivity contribution in [2.75, 3.05) is 10.7 Å². The predicted octanol–water partition coefficient (Wildman–Crippen LogP) is 5.75. The van der Waals surface area contributed by atoms with Gasteiger partial charge >= 0.3 is 6.18 Å². The first kappa shape index (κ1) is 23.0. The fourth-order valence-corrected chi connectivity index (χ4v) is 4.14. The minimum atomic E-state index is -4.47. The number of amides is 1. The number of hydrogen-bond acceptors (Lipinski definition) is 6. The molecule has 0 N–H and O–H groups in total. The van der Waals surface area contributed by atoms with Crippen LogP contribution >= 0.6 is 11.8 Å². The molecule has 0 saturated heterocycles. The second kappa shape index (κ2) is 9.01. The highest BCUT2D eigenvalue weighted by atomic mass is 32.2. The summed E-state index contributed by atoms with van der Waals surface area (Å²) in [6, 6.07) is 11.6. The third-order valence-corrected chi connectivity index (χ3v) is 6.18. The topological polar surface area (TPSA) is 68.2 Å². The lowest BCUT2D eigenvalue weighted by atomic mass is 10.1. The fraction of sp³-hybridized carbons (Fsp3) is 0.304. The molecule has 1 aliphatic heterocycles. The molecule has 4 rings (SSSR count). The molecule has 0 saturated carbocycles. The number of hydrogen-bond donors (Lipinski definition) is 0. The Morgan fingerprint density at radius 3 is 2.45 bits per heavy atom. The lowest BCUT2D eigenvalue weighted by Gasteiger charge is -2.30. The van der Waals surface area contributed by atoms with Gasteiger partial charge in [0.15, 0.2) is 5.69 Å². The lowest BCUT2D eigenvalue weighted by molar-refractivity contribution is -0.137. The van der Waals surface area contributed by atoms with E-state index in [9.17, 15) is 18.0 Å². The second-order valence-electron chi connectivity index (χ2n) is 7.95. The van der Waals surface area contributed by atoms with E-state index in [2.05, 4.69) is 29.0 Å². The Hall–Kier alpha value is -3.14. The van der Waals surface area contributed by atoms with Crippen LogP contribution in [0.2, 0.25) is 0 Å². The number of rotatable bonds is 4. The molecule has 172 valence electrons. The van der Waals surface area contributed by atoms with E-state index in [0.29, 0.717) is 33.6 Å². The molecule has 2 aromatic carbocycles. The number of carbonyl (C=O) groups excluding carboxylic acids is 1. The molecule has 1 atom stereocenters. The van der Waals surface area contributed by atoms with Gasteiger partial charge in [0, 0.05) is 23.8 Å². The zero-order valence-corrected chi connectivity index (χ0v) is 18.9. The highest BCUT2D eigenvalue weighted by Gasteiger charge is 2.36. The van der Waals surface area contributed by atoms with Gasteiger partial charge in [-0.1, -0.05) is 55.9 Å². The van der Waals surface area contributed by atoms with Crippen molar-refractivity contribution in [2.45, 2.75) is 38.3 Å². The van der Waals surface area contributed by atoms with Crippen molar-refractivity contribution in [3.63, 3.8) is 0 Å². The summed E-state index contributed by atoms with van der Waals surface area (Å²) in [5.41, 5.74) is 1.05. The molecule has 0 fully saturated rings. The van der Waals surface area contributed by atoms with Gasteiger partial charge in [-0.25, -0.2) is 0 Å². The van der Waals surface area contributed by atoms with Crippen molar-refractivity contribution in [1.29, 1.82) is 0 Å². The van der Waals surface area contributed by atoms with E-state index >= 15 is 0 Å². The highest BCUT2D eigenvalue weighted by molar-refractivity contribution is 7.99. The molecular formula is C23H21F3N4O2S. The van der Waals surface area contributed by atoms with E-state index in [1.807, 2.05) is 0 Å². The second-order valence-corrected chi connectivity index (χ2v) is 8.94. The van der Waals surface area contributed by atoms with Crippen LogP contribution in [0.1, 0.15) is 38.1 Å². The summed E-state index contributed by atoms with van der Waals surface area (Å²) in [6.07, 6.45) is -5.51. The molecule has 1 aromatic heterocycles. The summed E-state index contributed by atoms with van der Waals surface area (Å²) in [4.78, 5) is 18.6. The van der Waals surface area contributed by atoms with E-state index in [4.69, 9.17) is 4.74 Å². The van der Waals surface area contributed by atoms with Crippen molar-refractivity contribution in [2.24, 2.45) is 5.92 Å². The largest absolute Gasteiger partial charge is 0.447 e. The number of nitrogens with zero attached hydrogens (tertiary/aromatic N) is 4. The third-order valence-electron chi connectivity index (χ3n) is 4.92. The van der Waals surface area contributed by atoms with Gasteiger partial charge in [-0.15, -0.1) is 10.2 Å². The Morgan fingerprint density at radius 1 is 1.12 bits per heavy atom. The van der Waals surface area contributed by atoms with Crippen LogP contribution in [0.25, 0.3) is 11.3 Å². The highest BCUT2D eigenvalue weighted by Crippen LogP contribution is 2.43. The molecular weight excluding hydrogens is 453 g/mol. The molecule has 0 unspecified atom stereocenters. The average molecular weight is 475 g/mol. The maximum Gasteiger partial charge on any atom is 0.416 e. The Balaban J connectivity index is 1.84. The van der Waals surface area contributed by atoms with Crippen molar-refractivity contribution in [1.82, 2.24) is 15.2 Å². The Bertz CT molecular complexity index is 1170. The molecule has 1 aliphatic rings. The number of benzene rings is 2. The quantitative estimate of drug-likeness (QED) is 0.449. The van der Waals surface area contributed by atoms with Gasteiger partial charge in [-0.3, -0.25) is 9.69 Å². The summed E-state index contributed by atoms with van der Waals surface area (Å²) in [5.74, 6) is 1.01. The minimum Gasteiger partial charge on any atom is -0.447 e. The Morgan fingerprint density at radius 2 is 1.82 bits per heavy atom. The van der Waals surface area contributed by atoms with E-state index in [1.54, 1.807) is 24.3 Å². The van der Waals surface area contributed by atoms with Crippen molar-refractivity contribution >= 4 is 23.4 Å². The van der Waals surface area contributed by atoms with Gasteiger partial charge in [0.05, 0.1) is 11.3 Å². The number of thioether (sulfide) groups is 1. The van der Waals surface area contributed by atoms with Crippen LogP contribution in [0, 0.1) is 5.92 Å². The lowest BCUT2D eigenvalue weighted by Crippen LogP contribution is -2.36. The number of ether oxygens (including phenoxy) is 1. The first-order valence-corrected chi connectivity index (χ1v) is 11.2. The average Bonchev–Trinajstić information content (AvgIpc) is 2.91. The van der Waals surface area contributed by atoms with E-state index in [1.165, 1.54) is 35.7 Å². The normalized spacial score (nSPS) is 15.5. The first-order valence-electron chi connectivity index (χ1n) is 10.3. The summed E-state index contributed by atoms with van der Waals surface area (Å²) < 4.78 is 45.4. The Labute approximate surface area is 193 Å². The number of anilines is 1. The number of fused-ring (bicyclic) bond motifs is 3. The first-order chi connectivity index (χ1) is 15.6. The van der Waals surface area contributed by atoms with E-state index < -0.39 is 18.0 Å². The molecule has 6 nitrogen and oxygen atoms in total. The standard InChI is InChI=1S/C23H21F3N4O2S/c1-13(2)12-33-22-27-20-19(28-29-22)17-6-4-5-7-18(17)30(14(3)31)21(32-20)15-8-10-16(11-9-15)23(24,25)26/h4-11,13,21H,12H2,1-3H3/t21-/m1/s1. The molecule has 33 heavy (non-hydrogen) atoms. The number of para-hydroxylation sites is 1. The summed E-state index contributed by atoms with van der Waals surface area (Å²) in [7, 11) is 0. The molecule has 2 heterocycles. The van der Waals surface area contributed by atoms with Gasteiger partial charge in [-0.2, -0.15) is 18.2 Å². The molecule has 3 aromatic rings. The van der Waals surface area contributed by atoms with Gasteiger partial charge in [0.2, 0.25) is 23.2 Å². The summed E-state index contributed by atoms with van der Waals surface area (Å²) in [5, 5.41) is 8.94. The van der Waals surface area contributed by atoms with Gasteiger partial charge in [-0.05, 0) is 24.1 Å². The maximum absolute atomic E-state index is 13.1. The molecule has 0 spiro atoms. The monoisotopic (exact) mass is 474 g/mol. The van der Waals surface area contributed by atoms with Crippen molar-refractivity contribution in [3.05, 3.63) is 59.7 Å². The zero-order valence-electron chi connectivity index (χ0n) is 18.1. The van der Waals surface area contributed by atoms with Gasteiger partial charge in [0.25, 0.3) is 0 Å². The summed E-state index contributed by atoms with van der Waals surface area (Å²) >= 11 is 1.43. The van der Waals surface area contributed by atoms with E-state index in [0.717, 1.165) is 17.9 Å². The number of carbonyl (C=O) groups is 1. The zero-order chi connectivity index (χ0) is 23.8. The molecule has 10 heteroatoms. The minimum absolute atomic E-state index is 0.164. The third kappa shape index (κ3) is 4.80. The molecule has 1 amide bonds. The van der Waals surface area contributed by atoms with Crippen LogP contribution in [0.4, 0.5) is 18.9 Å². The predicted molar refractivity (Wildman–Crippen MR) is 119 cm³/mol. The van der Waals surface area contributed by atoms with Crippen LogP contribution in [-0.2, 0) is 11.0 Å². The van der Waals surface area contributed by atoms with Crippen LogP contribution < -0.4 is 9.64 Å². The van der Waals surface area contributed by atoms with Gasteiger partial charge in [0.1, 0.15) is 0 Å². The number of halogens is 3. The van der Waals surface area contributed by atoms with E-state index in [-0.39, 0.29) is 11.8 Å². The molecule has 0 bridgehead atoms. The fourth-order valence-electron chi connectivity index (χ4n) is 3.41. The summed E-state index contributed by atoms with van der Waals surface area (Å²) in [6.45, 7) is 5.51. The van der Waals surface area contributed by atoms with Crippen LogP contribution in [0.3, 0.4) is 0 Å². The number of alkyl halides is 3. The van der Waals surface area contributed by atoms with Crippen molar-refractivity contribution < 1.29 is 22.7 Å². The molecule has 0 radical (unpaired) electrons. The van der Waals surface area contributed by atoms with Crippen molar-refractivity contribution in [3.8, 4) is 17.1 Å². The Kier molecular flexibility index (Phi) is 6.29. The van der Waals surface area contributed by atoms with Crippen LogP contribution in [0.5, 0.6) is 5.88 Å². The maximum atomic E-state index is 13.1. The van der Waals surface area contributed by atoms with Crippen LogP contribution in [-0.4, -0.2) is 26.8 Å². The molecule has 0 aliphatic carbocycles. The SMILES string of the molecule is CC(=O)N1c2ccccc2-c2nnc(SCC(C)C)nc2O[C@@H]1c1ccc(C(F)(F)F)cc1.